The number of rotatable bonds is 13. The monoisotopic (exact) mass is 510 g/mol. The number of unbranched alkanes of at least 4 members (excludes halogenated alkanes) is 4. The highest BCUT2D eigenvalue weighted by Gasteiger charge is 2.21. The molecule has 0 aliphatic heterocycles. The SMILES string of the molecule is CCCCCCCN(C(=O)NC1CCCCC1)c1cccc(Sc2ccc(CC(=O)OCC)cc2)c1. The van der Waals surface area contributed by atoms with E-state index in [0.29, 0.717) is 12.6 Å². The van der Waals surface area contributed by atoms with Crippen molar-refractivity contribution in [3.8, 4) is 0 Å². The largest absolute Gasteiger partial charge is 0.466 e. The fourth-order valence-corrected chi connectivity index (χ4v) is 5.50. The molecule has 0 radical (unpaired) electrons. The molecule has 0 atom stereocenters. The zero-order chi connectivity index (χ0) is 25.6. The van der Waals surface area contributed by atoms with Gasteiger partial charge in [0.15, 0.2) is 0 Å². The van der Waals surface area contributed by atoms with E-state index < -0.39 is 0 Å². The van der Waals surface area contributed by atoms with Gasteiger partial charge in [-0.25, -0.2) is 4.79 Å². The van der Waals surface area contributed by atoms with Crippen molar-refractivity contribution in [3.05, 3.63) is 54.1 Å². The first-order chi connectivity index (χ1) is 17.6. The molecular weight excluding hydrogens is 468 g/mol. The molecule has 0 unspecified atom stereocenters. The number of hydrogen-bond donors (Lipinski definition) is 1. The van der Waals surface area contributed by atoms with Gasteiger partial charge in [0, 0.05) is 28.1 Å². The van der Waals surface area contributed by atoms with E-state index in [9.17, 15) is 9.59 Å². The van der Waals surface area contributed by atoms with Crippen LogP contribution in [-0.2, 0) is 16.0 Å². The van der Waals surface area contributed by atoms with Gasteiger partial charge in [-0.3, -0.25) is 9.69 Å². The highest BCUT2D eigenvalue weighted by Crippen LogP contribution is 2.31. The number of benzene rings is 2. The predicted octanol–water partition coefficient (Wildman–Crippen LogP) is 7.76. The zero-order valence-corrected chi connectivity index (χ0v) is 22.8. The van der Waals surface area contributed by atoms with Gasteiger partial charge in [0.2, 0.25) is 0 Å². The zero-order valence-electron chi connectivity index (χ0n) is 22.0. The minimum absolute atomic E-state index is 0.0304. The third-order valence-corrected chi connectivity index (χ3v) is 7.60. The van der Waals surface area contributed by atoms with Crippen LogP contribution in [0.1, 0.15) is 83.6 Å². The Labute approximate surface area is 221 Å². The molecule has 196 valence electrons. The van der Waals surface area contributed by atoms with Gasteiger partial charge in [0.1, 0.15) is 0 Å². The fraction of sp³-hybridized carbons (Fsp3) is 0.533. The molecule has 0 saturated heterocycles. The lowest BCUT2D eigenvalue weighted by atomic mass is 9.96. The van der Waals surface area contributed by atoms with Crippen molar-refractivity contribution in [2.75, 3.05) is 18.1 Å². The number of ether oxygens (including phenoxy) is 1. The van der Waals surface area contributed by atoms with Crippen LogP contribution in [0.15, 0.2) is 58.3 Å². The summed E-state index contributed by atoms with van der Waals surface area (Å²) in [5, 5.41) is 3.31. The lowest BCUT2D eigenvalue weighted by Gasteiger charge is -2.29. The summed E-state index contributed by atoms with van der Waals surface area (Å²) in [6, 6.07) is 16.6. The van der Waals surface area contributed by atoms with Gasteiger partial charge in [-0.1, -0.05) is 81.8 Å². The number of nitrogens with one attached hydrogen (secondary N) is 1. The quantitative estimate of drug-likeness (QED) is 0.221. The summed E-state index contributed by atoms with van der Waals surface area (Å²) >= 11 is 1.66. The summed E-state index contributed by atoms with van der Waals surface area (Å²) in [7, 11) is 0. The maximum Gasteiger partial charge on any atom is 0.322 e. The van der Waals surface area contributed by atoms with Crippen LogP contribution < -0.4 is 10.2 Å². The van der Waals surface area contributed by atoms with E-state index in [1.807, 2.05) is 48.2 Å². The molecule has 3 rings (SSSR count). The van der Waals surface area contributed by atoms with Crippen LogP contribution in [0, 0.1) is 0 Å². The Morgan fingerprint density at radius 2 is 1.69 bits per heavy atom. The minimum Gasteiger partial charge on any atom is -0.466 e. The normalized spacial score (nSPS) is 13.8. The van der Waals surface area contributed by atoms with E-state index in [4.69, 9.17) is 4.74 Å². The second kappa shape index (κ2) is 15.6. The van der Waals surface area contributed by atoms with Crippen LogP contribution >= 0.6 is 11.8 Å². The van der Waals surface area contributed by atoms with E-state index in [1.54, 1.807) is 11.8 Å². The molecule has 6 heteroatoms. The fourth-order valence-electron chi connectivity index (χ4n) is 4.63. The van der Waals surface area contributed by atoms with Gasteiger partial charge in [0.25, 0.3) is 0 Å². The van der Waals surface area contributed by atoms with Gasteiger partial charge in [-0.2, -0.15) is 0 Å². The van der Waals surface area contributed by atoms with Crippen LogP contribution in [0.4, 0.5) is 10.5 Å². The van der Waals surface area contributed by atoms with Crippen LogP contribution in [0.2, 0.25) is 0 Å². The summed E-state index contributed by atoms with van der Waals surface area (Å²) in [5.41, 5.74) is 1.89. The molecule has 2 amide bonds. The average Bonchev–Trinajstić information content (AvgIpc) is 2.88. The van der Waals surface area contributed by atoms with Gasteiger partial charge in [0.05, 0.1) is 13.0 Å². The molecular formula is C30H42N2O3S. The molecule has 2 aromatic rings. The highest BCUT2D eigenvalue weighted by molar-refractivity contribution is 7.99. The molecule has 5 nitrogen and oxygen atoms in total. The summed E-state index contributed by atoms with van der Waals surface area (Å²) in [6.45, 7) is 5.18. The van der Waals surface area contributed by atoms with E-state index in [-0.39, 0.29) is 18.4 Å². The number of anilines is 1. The average molecular weight is 511 g/mol. The summed E-state index contributed by atoms with van der Waals surface area (Å²) in [4.78, 5) is 29.2. The lowest BCUT2D eigenvalue weighted by Crippen LogP contribution is -2.46. The van der Waals surface area contributed by atoms with Crippen molar-refractivity contribution >= 4 is 29.4 Å². The number of carbonyl (C=O) groups is 2. The van der Waals surface area contributed by atoms with Crippen LogP contribution in [0.3, 0.4) is 0 Å². The number of esters is 1. The lowest BCUT2D eigenvalue weighted by molar-refractivity contribution is -0.142. The van der Waals surface area contributed by atoms with E-state index >= 15 is 0 Å². The van der Waals surface area contributed by atoms with Crippen molar-refractivity contribution in [2.45, 2.75) is 100 Å². The van der Waals surface area contributed by atoms with Gasteiger partial charge < -0.3 is 10.1 Å². The first-order valence-corrected chi connectivity index (χ1v) is 14.5. The highest BCUT2D eigenvalue weighted by atomic mass is 32.2. The number of urea groups is 1. The summed E-state index contributed by atoms with van der Waals surface area (Å²) in [5.74, 6) is -0.202. The first kappa shape index (κ1) is 28.1. The second-order valence-corrected chi connectivity index (χ2v) is 10.7. The summed E-state index contributed by atoms with van der Waals surface area (Å²) in [6.07, 6.45) is 12.0. The molecule has 1 aliphatic rings. The second-order valence-electron chi connectivity index (χ2n) is 9.58. The number of nitrogens with zero attached hydrogens (tertiary/aromatic N) is 1. The van der Waals surface area contributed by atoms with Crippen molar-refractivity contribution in [1.82, 2.24) is 5.32 Å². The van der Waals surface area contributed by atoms with Crippen LogP contribution in [0.5, 0.6) is 0 Å². The van der Waals surface area contributed by atoms with Crippen molar-refractivity contribution < 1.29 is 14.3 Å². The standard InChI is InChI=1S/C30H42N2O3S/c1-3-5-6-7-11-21-32(30(34)31-25-13-9-8-10-14-25)26-15-12-16-28(23-26)36-27-19-17-24(18-20-27)22-29(33)35-4-2/h12,15-20,23,25H,3-11,13-14,21-22H2,1-2H3,(H,31,34). The Hall–Kier alpha value is -2.47. The molecule has 0 heterocycles. The van der Waals surface area contributed by atoms with Crippen molar-refractivity contribution in [2.24, 2.45) is 0 Å². The van der Waals surface area contributed by atoms with Gasteiger partial charge in [-0.05, 0) is 62.1 Å². The van der Waals surface area contributed by atoms with Gasteiger partial charge in [-0.15, -0.1) is 0 Å². The van der Waals surface area contributed by atoms with E-state index in [0.717, 1.165) is 53.3 Å². The first-order valence-electron chi connectivity index (χ1n) is 13.7. The Balaban J connectivity index is 1.67. The molecule has 1 N–H and O–H groups in total. The Bertz CT molecular complexity index is 941. The number of amides is 2. The number of carbonyl (C=O) groups excluding carboxylic acids is 2. The Morgan fingerprint density at radius 1 is 0.944 bits per heavy atom. The molecule has 36 heavy (non-hydrogen) atoms. The Morgan fingerprint density at radius 3 is 2.42 bits per heavy atom. The minimum atomic E-state index is -0.202. The molecule has 0 spiro atoms. The predicted molar refractivity (Wildman–Crippen MR) is 149 cm³/mol. The summed E-state index contributed by atoms with van der Waals surface area (Å²) < 4.78 is 5.04. The topological polar surface area (TPSA) is 58.6 Å². The van der Waals surface area contributed by atoms with E-state index in [2.05, 4.69) is 24.4 Å². The molecule has 1 saturated carbocycles. The molecule has 0 aromatic heterocycles. The maximum absolute atomic E-state index is 13.3. The van der Waals surface area contributed by atoms with Crippen molar-refractivity contribution in [1.29, 1.82) is 0 Å². The smallest absolute Gasteiger partial charge is 0.322 e. The molecule has 1 fully saturated rings. The van der Waals surface area contributed by atoms with Crippen LogP contribution in [0.25, 0.3) is 0 Å². The maximum atomic E-state index is 13.3. The third-order valence-electron chi connectivity index (χ3n) is 6.61. The van der Waals surface area contributed by atoms with E-state index in [1.165, 1.54) is 38.5 Å². The van der Waals surface area contributed by atoms with Gasteiger partial charge >= 0.3 is 12.0 Å². The molecule has 0 bridgehead atoms. The number of hydrogen-bond acceptors (Lipinski definition) is 4. The van der Waals surface area contributed by atoms with Crippen molar-refractivity contribution in [3.63, 3.8) is 0 Å². The molecule has 2 aromatic carbocycles. The Kier molecular flexibility index (Phi) is 12.2. The molecule has 1 aliphatic carbocycles. The third kappa shape index (κ3) is 9.53. The van der Waals surface area contributed by atoms with Crippen LogP contribution in [-0.4, -0.2) is 31.2 Å².